The average molecular weight is 327 g/mol. The van der Waals surface area contributed by atoms with Crippen LogP contribution < -0.4 is 9.64 Å². The number of anilines is 1. The lowest BCUT2D eigenvalue weighted by atomic mass is 10.0. The molecule has 24 heavy (non-hydrogen) atoms. The van der Waals surface area contributed by atoms with Crippen LogP contribution in [-0.2, 0) is 18.2 Å². The third-order valence-electron chi connectivity index (χ3n) is 4.83. The van der Waals surface area contributed by atoms with Gasteiger partial charge in [0.1, 0.15) is 5.75 Å². The molecule has 0 bridgehead atoms. The van der Waals surface area contributed by atoms with E-state index in [0.717, 1.165) is 42.1 Å². The van der Waals surface area contributed by atoms with Crippen molar-refractivity contribution in [2.45, 2.75) is 18.8 Å². The second-order valence-corrected chi connectivity index (χ2v) is 6.36. The van der Waals surface area contributed by atoms with Crippen LogP contribution in [0.1, 0.15) is 34.0 Å². The first kappa shape index (κ1) is 15.2. The van der Waals surface area contributed by atoms with Crippen LogP contribution in [0.15, 0.2) is 24.4 Å². The van der Waals surface area contributed by atoms with Crippen LogP contribution in [0.25, 0.3) is 0 Å². The molecule has 6 nitrogen and oxygen atoms in total. The number of carbonyl (C=O) groups excluding carboxylic acids is 1. The van der Waals surface area contributed by atoms with Crippen molar-refractivity contribution >= 4 is 11.6 Å². The molecule has 1 aromatic carbocycles. The summed E-state index contributed by atoms with van der Waals surface area (Å²) in [6.45, 7) is 2.07. The molecule has 2 aromatic rings. The number of carbonyl (C=O) groups is 1. The van der Waals surface area contributed by atoms with Crippen LogP contribution in [0.5, 0.6) is 5.75 Å². The second kappa shape index (κ2) is 5.94. The quantitative estimate of drug-likeness (QED) is 0.867. The number of hydrogen-bond donors (Lipinski definition) is 0. The minimum atomic E-state index is 0.0221. The molecule has 1 saturated heterocycles. The summed E-state index contributed by atoms with van der Waals surface area (Å²) in [6.07, 6.45) is 3.60. The monoisotopic (exact) mass is 327 g/mol. The fourth-order valence-electron chi connectivity index (χ4n) is 3.58. The van der Waals surface area contributed by atoms with Crippen molar-refractivity contribution in [3.63, 3.8) is 0 Å². The topological polar surface area (TPSA) is 56.6 Å². The molecule has 3 heterocycles. The molecule has 1 atom stereocenters. The normalized spacial score (nSPS) is 19.6. The number of methoxy groups -OCH3 is 1. The van der Waals surface area contributed by atoms with E-state index in [1.165, 1.54) is 0 Å². The van der Waals surface area contributed by atoms with Crippen molar-refractivity contribution in [1.29, 1.82) is 0 Å². The molecule has 0 unspecified atom stereocenters. The van der Waals surface area contributed by atoms with E-state index in [9.17, 15) is 4.79 Å². The van der Waals surface area contributed by atoms with Crippen molar-refractivity contribution in [1.82, 2.24) is 9.78 Å². The minimum Gasteiger partial charge on any atom is -0.497 e. The van der Waals surface area contributed by atoms with Gasteiger partial charge in [-0.2, -0.15) is 5.10 Å². The lowest BCUT2D eigenvalue weighted by Crippen LogP contribution is -2.29. The molecule has 1 amide bonds. The van der Waals surface area contributed by atoms with Gasteiger partial charge in [0.15, 0.2) is 0 Å². The zero-order valence-electron chi connectivity index (χ0n) is 14.0. The number of amides is 1. The van der Waals surface area contributed by atoms with E-state index in [0.29, 0.717) is 18.7 Å². The Labute approximate surface area is 141 Å². The molecule has 0 aliphatic carbocycles. The molecule has 1 fully saturated rings. The zero-order valence-corrected chi connectivity index (χ0v) is 14.0. The third kappa shape index (κ3) is 2.47. The summed E-state index contributed by atoms with van der Waals surface area (Å²) in [5, 5.41) is 4.54. The van der Waals surface area contributed by atoms with Gasteiger partial charge in [-0.1, -0.05) is 0 Å². The fraction of sp³-hybridized carbons (Fsp3) is 0.444. The van der Waals surface area contributed by atoms with E-state index < -0.39 is 0 Å². The highest BCUT2D eigenvalue weighted by Crippen LogP contribution is 2.34. The van der Waals surface area contributed by atoms with E-state index in [1.54, 1.807) is 11.8 Å². The van der Waals surface area contributed by atoms with Crippen molar-refractivity contribution < 1.29 is 14.3 Å². The van der Waals surface area contributed by atoms with E-state index in [1.807, 2.05) is 36.3 Å². The number of nitrogens with zero attached hydrogens (tertiary/aromatic N) is 3. The maximum atomic E-state index is 13.2. The second-order valence-electron chi connectivity index (χ2n) is 6.36. The average Bonchev–Trinajstić information content (AvgIpc) is 3.32. The molecule has 0 radical (unpaired) electrons. The van der Waals surface area contributed by atoms with Gasteiger partial charge in [-0.25, -0.2) is 0 Å². The van der Waals surface area contributed by atoms with Crippen LogP contribution in [0, 0.1) is 0 Å². The van der Waals surface area contributed by atoms with Crippen LogP contribution in [-0.4, -0.2) is 42.6 Å². The van der Waals surface area contributed by atoms with Gasteiger partial charge in [-0.3, -0.25) is 9.48 Å². The highest BCUT2D eigenvalue weighted by molar-refractivity contribution is 6.08. The summed E-state index contributed by atoms with van der Waals surface area (Å²) in [5.41, 5.74) is 3.68. The predicted molar refractivity (Wildman–Crippen MR) is 89.8 cm³/mol. The molecule has 4 rings (SSSR count). The molecule has 1 aromatic heterocycles. The molecule has 2 aliphatic heterocycles. The summed E-state index contributed by atoms with van der Waals surface area (Å²) in [4.78, 5) is 15.0. The largest absolute Gasteiger partial charge is 0.497 e. The van der Waals surface area contributed by atoms with Crippen LogP contribution >= 0.6 is 0 Å². The van der Waals surface area contributed by atoms with Gasteiger partial charge in [0.25, 0.3) is 5.91 Å². The van der Waals surface area contributed by atoms with Gasteiger partial charge in [-0.05, 0) is 36.6 Å². The van der Waals surface area contributed by atoms with E-state index in [4.69, 9.17) is 9.47 Å². The van der Waals surface area contributed by atoms with Gasteiger partial charge in [0.2, 0.25) is 0 Å². The van der Waals surface area contributed by atoms with Gasteiger partial charge < -0.3 is 14.4 Å². The van der Waals surface area contributed by atoms with E-state index >= 15 is 0 Å². The van der Waals surface area contributed by atoms with E-state index in [2.05, 4.69) is 5.10 Å². The lowest BCUT2D eigenvalue weighted by Gasteiger charge is -2.18. The summed E-state index contributed by atoms with van der Waals surface area (Å²) in [5.74, 6) is 1.06. The molecule has 0 spiro atoms. The number of hydrogen-bond acceptors (Lipinski definition) is 4. The molecule has 126 valence electrons. The Morgan fingerprint density at radius 3 is 3.04 bits per heavy atom. The van der Waals surface area contributed by atoms with Crippen LogP contribution in [0.4, 0.5) is 5.69 Å². The number of aryl methyl sites for hydroxylation is 1. The summed E-state index contributed by atoms with van der Waals surface area (Å²) >= 11 is 0. The minimum absolute atomic E-state index is 0.0221. The molecule has 0 saturated carbocycles. The smallest absolute Gasteiger partial charge is 0.261 e. The van der Waals surface area contributed by atoms with Crippen LogP contribution in [0.3, 0.4) is 0 Å². The molecule has 2 aliphatic rings. The Hall–Kier alpha value is -2.34. The van der Waals surface area contributed by atoms with Gasteiger partial charge in [0.05, 0.1) is 25.0 Å². The van der Waals surface area contributed by atoms with Crippen molar-refractivity contribution in [2.75, 3.05) is 31.8 Å². The van der Waals surface area contributed by atoms with Crippen molar-refractivity contribution in [3.05, 3.63) is 41.2 Å². The first-order chi connectivity index (χ1) is 11.7. The summed E-state index contributed by atoms with van der Waals surface area (Å²) in [7, 11) is 3.52. The Bertz CT molecular complexity index is 778. The molecular formula is C18H21N3O3. The predicted octanol–water partition coefficient (Wildman–Crippen LogP) is 2.14. The van der Waals surface area contributed by atoms with Crippen molar-refractivity contribution in [3.8, 4) is 5.75 Å². The first-order valence-electron chi connectivity index (χ1n) is 8.27. The van der Waals surface area contributed by atoms with Gasteiger partial charge >= 0.3 is 0 Å². The SMILES string of the molecule is COc1ccc2c(c1)CCN2C(=O)c1cn(C)nc1[C@H]1CCOC1. The Kier molecular flexibility index (Phi) is 3.76. The summed E-state index contributed by atoms with van der Waals surface area (Å²) < 4.78 is 12.5. The number of benzene rings is 1. The first-order valence-corrected chi connectivity index (χ1v) is 8.27. The van der Waals surface area contributed by atoms with E-state index in [-0.39, 0.29) is 11.8 Å². The number of fused-ring (bicyclic) bond motifs is 1. The maximum Gasteiger partial charge on any atom is 0.261 e. The number of ether oxygens (including phenoxy) is 2. The molecule has 0 N–H and O–H groups in total. The zero-order chi connectivity index (χ0) is 16.7. The third-order valence-corrected chi connectivity index (χ3v) is 4.83. The lowest BCUT2D eigenvalue weighted by molar-refractivity contribution is 0.0988. The van der Waals surface area contributed by atoms with Gasteiger partial charge in [0, 0.05) is 38.0 Å². The molecular weight excluding hydrogens is 306 g/mol. The van der Waals surface area contributed by atoms with Gasteiger partial charge in [-0.15, -0.1) is 0 Å². The Balaban J connectivity index is 1.66. The Morgan fingerprint density at radius 1 is 1.42 bits per heavy atom. The highest BCUT2D eigenvalue weighted by Gasteiger charge is 2.32. The Morgan fingerprint density at radius 2 is 2.29 bits per heavy atom. The maximum absolute atomic E-state index is 13.2. The number of rotatable bonds is 3. The standard InChI is InChI=1S/C18H21N3O3/c1-20-10-15(17(19-20)13-6-8-24-11-13)18(22)21-7-5-12-9-14(23-2)3-4-16(12)21/h3-4,9-10,13H,5-8,11H2,1-2H3/t13-/m0/s1. The fourth-order valence-corrected chi connectivity index (χ4v) is 3.58. The van der Waals surface area contributed by atoms with Crippen molar-refractivity contribution in [2.24, 2.45) is 7.05 Å². The highest BCUT2D eigenvalue weighted by atomic mass is 16.5. The molecule has 6 heteroatoms. The van der Waals surface area contributed by atoms with Crippen LogP contribution in [0.2, 0.25) is 0 Å². The summed E-state index contributed by atoms with van der Waals surface area (Å²) in [6, 6.07) is 5.88. The number of aromatic nitrogens is 2.